The van der Waals surface area contributed by atoms with Crippen molar-refractivity contribution in [2.24, 2.45) is 11.8 Å². The number of aliphatic hydroxyl groups excluding tert-OH is 1. The first-order valence-corrected chi connectivity index (χ1v) is 14.6. The number of allylic oxidation sites excluding steroid dienone is 3. The maximum Gasteiger partial charge on any atom is 0.213 e. The van der Waals surface area contributed by atoms with Gasteiger partial charge in [-0.05, 0) is 50.7 Å². The lowest BCUT2D eigenvalue weighted by molar-refractivity contribution is -0.446. The van der Waals surface area contributed by atoms with Gasteiger partial charge < -0.3 is 9.67 Å². The second kappa shape index (κ2) is 9.11. The maximum absolute atomic E-state index is 14.0. The van der Waals surface area contributed by atoms with E-state index < -0.39 is 0 Å². The van der Waals surface area contributed by atoms with Crippen molar-refractivity contribution in [3.05, 3.63) is 76.7 Å². The summed E-state index contributed by atoms with van der Waals surface area (Å²) in [5.41, 5.74) is 8.39. The molecular formula is C34H37N2O2+. The normalized spacial score (nSPS) is 22.3. The van der Waals surface area contributed by atoms with E-state index in [4.69, 9.17) is 0 Å². The first-order chi connectivity index (χ1) is 18.5. The summed E-state index contributed by atoms with van der Waals surface area (Å²) in [5.74, 6) is 1.51. The quantitative estimate of drug-likeness (QED) is 0.285. The highest BCUT2D eigenvalue weighted by Crippen LogP contribution is 2.48. The van der Waals surface area contributed by atoms with Gasteiger partial charge >= 0.3 is 0 Å². The summed E-state index contributed by atoms with van der Waals surface area (Å²) in [6.07, 6.45) is 10.3. The molecule has 7 rings (SSSR count). The van der Waals surface area contributed by atoms with Crippen LogP contribution in [0.5, 0.6) is 0 Å². The van der Waals surface area contributed by atoms with E-state index in [0.717, 1.165) is 57.8 Å². The topological polar surface area (TPSA) is 45.2 Å². The van der Waals surface area contributed by atoms with Gasteiger partial charge in [0.05, 0.1) is 22.3 Å². The molecule has 3 aromatic rings. The molecular weight excluding hydrogens is 468 g/mol. The lowest BCUT2D eigenvalue weighted by atomic mass is 9.78. The predicted molar refractivity (Wildman–Crippen MR) is 154 cm³/mol. The van der Waals surface area contributed by atoms with Crippen LogP contribution in [0, 0.1) is 18.8 Å². The molecule has 1 aromatic heterocycles. The van der Waals surface area contributed by atoms with Crippen LogP contribution in [0.25, 0.3) is 22.0 Å². The molecule has 2 saturated carbocycles. The Morgan fingerprint density at radius 3 is 2.24 bits per heavy atom. The Bertz CT molecular complexity index is 1570. The minimum absolute atomic E-state index is 0.0266. The Labute approximate surface area is 225 Å². The number of nitrogens with zero attached hydrogens (tertiary/aromatic N) is 2. The van der Waals surface area contributed by atoms with Crippen molar-refractivity contribution < 1.29 is 14.5 Å². The summed E-state index contributed by atoms with van der Waals surface area (Å²) in [7, 11) is 0. The zero-order chi connectivity index (χ0) is 26.0. The van der Waals surface area contributed by atoms with Crippen LogP contribution >= 0.6 is 0 Å². The third-order valence-corrected chi connectivity index (χ3v) is 9.72. The third kappa shape index (κ3) is 3.49. The Balaban J connectivity index is 1.36. The standard InChI is InChI=1S/C34H36N2O2/c1-21-29(25-15-7-9-17-27(25)35(21)19-23-11-3-4-12-23)31-33(37)32(34(31)38)30-22(2)36(20-24-13-5-6-14-24)28-18-10-8-16-26(28)30/h7-10,15-18,23-24H,3-6,11-14,19-20H2,1-2H3/p+1. The fourth-order valence-corrected chi connectivity index (χ4v) is 7.73. The number of hydrogen-bond donors (Lipinski definition) is 1. The van der Waals surface area contributed by atoms with E-state index in [2.05, 4.69) is 59.4 Å². The number of rotatable bonds is 5. The van der Waals surface area contributed by atoms with Gasteiger partial charge in [0.15, 0.2) is 12.3 Å². The number of para-hydroxylation sites is 2. The Kier molecular flexibility index (Phi) is 5.68. The van der Waals surface area contributed by atoms with Crippen molar-refractivity contribution in [2.45, 2.75) is 71.8 Å². The molecule has 1 aliphatic heterocycles. The fraction of sp³-hybridized carbons (Fsp3) is 0.412. The molecule has 194 valence electrons. The predicted octanol–water partition coefficient (Wildman–Crippen LogP) is 7.75. The number of hydrogen-bond acceptors (Lipinski definition) is 2. The van der Waals surface area contributed by atoms with E-state index in [9.17, 15) is 9.90 Å². The van der Waals surface area contributed by atoms with Crippen LogP contribution in [0.3, 0.4) is 0 Å². The van der Waals surface area contributed by atoms with Gasteiger partial charge in [0, 0.05) is 47.6 Å². The molecule has 0 unspecified atom stereocenters. The van der Waals surface area contributed by atoms with Crippen LogP contribution in [-0.4, -0.2) is 32.3 Å². The summed E-state index contributed by atoms with van der Waals surface area (Å²) >= 11 is 0. The van der Waals surface area contributed by atoms with Crippen molar-refractivity contribution in [1.82, 2.24) is 4.57 Å². The number of aliphatic hydroxyl groups is 1. The van der Waals surface area contributed by atoms with E-state index >= 15 is 0 Å². The molecule has 2 aromatic carbocycles. The van der Waals surface area contributed by atoms with Crippen LogP contribution in [0.15, 0.2) is 59.9 Å². The van der Waals surface area contributed by atoms with Crippen molar-refractivity contribution in [3.63, 3.8) is 0 Å². The van der Waals surface area contributed by atoms with Crippen molar-refractivity contribution in [2.75, 3.05) is 6.54 Å². The van der Waals surface area contributed by atoms with Crippen LogP contribution in [-0.2, 0) is 11.3 Å². The molecule has 1 N–H and O–H groups in total. The van der Waals surface area contributed by atoms with Crippen molar-refractivity contribution >= 4 is 39.2 Å². The van der Waals surface area contributed by atoms with Gasteiger partial charge in [-0.2, -0.15) is 4.58 Å². The Morgan fingerprint density at radius 1 is 0.842 bits per heavy atom. The highest BCUT2D eigenvalue weighted by Gasteiger charge is 2.45. The van der Waals surface area contributed by atoms with Gasteiger partial charge in [-0.3, -0.25) is 4.79 Å². The van der Waals surface area contributed by atoms with Gasteiger partial charge in [0.1, 0.15) is 5.76 Å². The van der Waals surface area contributed by atoms with Crippen molar-refractivity contribution in [3.8, 4) is 0 Å². The van der Waals surface area contributed by atoms with E-state index in [1.54, 1.807) is 0 Å². The minimum atomic E-state index is -0.0266. The lowest BCUT2D eigenvalue weighted by Crippen LogP contribution is -2.25. The maximum atomic E-state index is 14.0. The van der Waals surface area contributed by atoms with Crippen LogP contribution in [0.2, 0.25) is 0 Å². The van der Waals surface area contributed by atoms with Crippen LogP contribution in [0.4, 0.5) is 5.69 Å². The lowest BCUT2D eigenvalue weighted by Gasteiger charge is -2.23. The van der Waals surface area contributed by atoms with E-state index in [-0.39, 0.29) is 11.5 Å². The largest absolute Gasteiger partial charge is 0.506 e. The van der Waals surface area contributed by atoms with Gasteiger partial charge in [-0.15, -0.1) is 0 Å². The molecule has 4 aliphatic rings. The highest BCUT2D eigenvalue weighted by molar-refractivity contribution is 6.47. The molecule has 0 spiro atoms. The minimum Gasteiger partial charge on any atom is -0.506 e. The number of carbonyl (C=O) groups is 1. The average Bonchev–Trinajstić information content (AvgIpc) is 3.73. The van der Waals surface area contributed by atoms with Gasteiger partial charge in [-0.25, -0.2) is 0 Å². The Morgan fingerprint density at radius 2 is 1.50 bits per heavy atom. The summed E-state index contributed by atoms with van der Waals surface area (Å²) in [5, 5.41) is 12.7. The van der Waals surface area contributed by atoms with E-state index in [1.807, 2.05) is 12.1 Å². The number of Topliss-reactive ketones (excluding diaryl/α,β-unsaturated/α-hetero) is 1. The zero-order valence-corrected chi connectivity index (χ0v) is 22.6. The summed E-state index contributed by atoms with van der Waals surface area (Å²) < 4.78 is 4.79. The number of fused-ring (bicyclic) bond motifs is 2. The molecule has 3 aliphatic carbocycles. The smallest absolute Gasteiger partial charge is 0.213 e. The molecule has 38 heavy (non-hydrogen) atoms. The van der Waals surface area contributed by atoms with Crippen molar-refractivity contribution in [1.29, 1.82) is 0 Å². The number of aromatic nitrogens is 1. The molecule has 0 bridgehead atoms. The van der Waals surface area contributed by atoms with Gasteiger partial charge in [-0.1, -0.05) is 56.0 Å². The first kappa shape index (κ1) is 23.7. The summed E-state index contributed by atoms with van der Waals surface area (Å²) in [6, 6.07) is 16.8. The zero-order valence-electron chi connectivity index (χ0n) is 22.6. The van der Waals surface area contributed by atoms with E-state index in [0.29, 0.717) is 23.0 Å². The molecule has 0 amide bonds. The second-order valence-corrected chi connectivity index (χ2v) is 11.9. The fourth-order valence-electron chi connectivity index (χ4n) is 7.73. The van der Waals surface area contributed by atoms with E-state index in [1.165, 1.54) is 51.4 Å². The molecule has 0 saturated heterocycles. The first-order valence-electron chi connectivity index (χ1n) is 14.6. The molecule has 2 fully saturated rings. The SMILES string of the molecule is CC1=[N+](CC2CCCC2)c2ccccc2C1=C1C(=O)C(c2c(C)n(CC3CCCC3)c3ccccc23)=C1O. The molecule has 2 heterocycles. The van der Waals surface area contributed by atoms with Gasteiger partial charge in [0.2, 0.25) is 11.5 Å². The average molecular weight is 506 g/mol. The number of benzene rings is 2. The molecule has 0 atom stereocenters. The van der Waals surface area contributed by atoms with Crippen LogP contribution < -0.4 is 0 Å². The Hall–Kier alpha value is -3.40. The second-order valence-electron chi connectivity index (χ2n) is 11.9. The summed E-state index contributed by atoms with van der Waals surface area (Å²) in [6.45, 7) is 6.21. The third-order valence-electron chi connectivity index (χ3n) is 9.72. The molecule has 4 nitrogen and oxygen atoms in total. The monoisotopic (exact) mass is 505 g/mol. The highest BCUT2D eigenvalue weighted by atomic mass is 16.3. The molecule has 4 heteroatoms. The number of carbonyl (C=O) groups excluding carboxylic acids is 1. The van der Waals surface area contributed by atoms with Crippen LogP contribution in [0.1, 0.15) is 75.1 Å². The summed E-state index contributed by atoms with van der Waals surface area (Å²) in [4.78, 5) is 14.0. The van der Waals surface area contributed by atoms with Gasteiger partial charge in [0.25, 0.3) is 0 Å². The molecule has 0 radical (unpaired) electrons. The number of ketones is 1.